The zero-order chi connectivity index (χ0) is 26.6. The number of carbonyl (C=O) groups excluding carboxylic acids is 1. The van der Waals surface area contributed by atoms with Crippen molar-refractivity contribution < 1.29 is 20.7 Å². The van der Waals surface area contributed by atoms with Gasteiger partial charge in [0.15, 0.2) is 5.78 Å². The molecule has 0 aliphatic heterocycles. The van der Waals surface area contributed by atoms with Crippen LogP contribution in [0.4, 0.5) is 5.69 Å². The summed E-state index contributed by atoms with van der Waals surface area (Å²) in [6.45, 7) is 9.22. The van der Waals surface area contributed by atoms with Crippen molar-refractivity contribution in [1.29, 1.82) is 0 Å². The first kappa shape index (κ1) is 32.5. The van der Waals surface area contributed by atoms with E-state index in [1.54, 1.807) is 24.4 Å². The van der Waals surface area contributed by atoms with Gasteiger partial charge in [-0.15, -0.1) is 0 Å². The number of hydrogen-bond donors (Lipinski definition) is 1. The van der Waals surface area contributed by atoms with E-state index in [0.717, 1.165) is 5.69 Å². The van der Waals surface area contributed by atoms with Gasteiger partial charge in [-0.1, -0.05) is 66.7 Å². The van der Waals surface area contributed by atoms with Gasteiger partial charge in [-0.25, -0.2) is 0 Å². The fourth-order valence-electron chi connectivity index (χ4n) is 2.84. The number of carbonyl (C=O) groups is 1. The van der Waals surface area contributed by atoms with Crippen LogP contribution in [0.15, 0.2) is 127 Å². The molecular formula is C29H35Cl2NOP2Re+2. The fourth-order valence-corrected chi connectivity index (χ4v) is 4.56. The molecule has 0 aromatic heterocycles. The van der Waals surface area contributed by atoms with Crippen LogP contribution >= 0.6 is 34.9 Å². The van der Waals surface area contributed by atoms with Crippen LogP contribution in [0, 0.1) is 0 Å². The summed E-state index contributed by atoms with van der Waals surface area (Å²) < 4.78 is 0. The molecule has 0 bridgehead atoms. The maximum atomic E-state index is 11.4. The van der Waals surface area contributed by atoms with Gasteiger partial charge in [-0.2, -0.15) is 0 Å². The van der Waals surface area contributed by atoms with E-state index in [2.05, 4.69) is 92.6 Å². The van der Waals surface area contributed by atoms with Crippen molar-refractivity contribution in [2.45, 2.75) is 0 Å². The third-order valence-electron chi connectivity index (χ3n) is 4.79. The Kier molecular flexibility index (Phi) is 18.5. The van der Waals surface area contributed by atoms with Gasteiger partial charge in [0.05, 0.1) is 37.3 Å². The predicted octanol–water partition coefficient (Wildman–Crippen LogP) is 7.63. The molecule has 0 fully saturated rings. The maximum absolute atomic E-state index is 11.4. The van der Waals surface area contributed by atoms with Gasteiger partial charge in [0, 0.05) is 33.3 Å². The van der Waals surface area contributed by atoms with Crippen LogP contribution in [-0.2, 0) is 20.7 Å². The number of benzene rings is 3. The molecule has 0 saturated carbocycles. The molecule has 0 unspecified atom stereocenters. The Morgan fingerprint density at radius 3 is 1.42 bits per heavy atom. The van der Waals surface area contributed by atoms with Crippen LogP contribution in [0.25, 0.3) is 0 Å². The molecule has 1 aliphatic carbocycles. The summed E-state index contributed by atoms with van der Waals surface area (Å²) in [6, 6.07) is 31.1. The van der Waals surface area contributed by atoms with Crippen LogP contribution in [0.1, 0.15) is 0 Å². The molecule has 2 nitrogen and oxygen atoms in total. The monoisotopic (exact) mass is 732 g/mol. The van der Waals surface area contributed by atoms with Crippen LogP contribution in [0.2, 0.25) is 0 Å². The van der Waals surface area contributed by atoms with Gasteiger partial charge in [0.1, 0.15) is 0 Å². The standard InChI is InChI=1S/C13H11NO.2C8H11P.2ClH.Re/c15-13-9-5-4-6-11(13)10-14-12-7-2-1-3-8-12;2*1-9(2)8-6-4-3-5-7-8;;;/h1-10,14H;2*3-7H,1-2H3;2*1H;/q;;;;;+2. The minimum absolute atomic E-state index is 0.0286. The summed E-state index contributed by atoms with van der Waals surface area (Å²) in [5.74, 6) is 0.0286. The zero-order valence-electron chi connectivity index (χ0n) is 21.1. The van der Waals surface area contributed by atoms with E-state index >= 15 is 0 Å². The van der Waals surface area contributed by atoms with Gasteiger partial charge in [-0.3, -0.25) is 4.79 Å². The van der Waals surface area contributed by atoms with Crippen LogP contribution in [0.5, 0.6) is 0 Å². The van der Waals surface area contributed by atoms with Crippen LogP contribution in [-0.4, -0.2) is 32.4 Å². The summed E-state index contributed by atoms with van der Waals surface area (Å²) in [5.41, 5.74) is 1.64. The number of halogens is 2. The molecule has 4 rings (SSSR count). The molecule has 3 aromatic carbocycles. The van der Waals surface area contributed by atoms with Gasteiger partial charge >= 0.3 is 35.0 Å². The summed E-state index contributed by atoms with van der Waals surface area (Å²) in [6.07, 6.45) is 8.65. The van der Waals surface area contributed by atoms with Crippen molar-refractivity contribution in [2.24, 2.45) is 0 Å². The number of hydrogen-bond acceptors (Lipinski definition) is 2. The van der Waals surface area contributed by atoms with Crippen molar-refractivity contribution in [3.8, 4) is 0 Å². The molecule has 36 heavy (non-hydrogen) atoms. The zero-order valence-corrected chi connectivity index (χ0v) is 27.3. The number of anilines is 1. The van der Waals surface area contributed by atoms with E-state index in [1.165, 1.54) is 10.6 Å². The van der Waals surface area contributed by atoms with Gasteiger partial charge < -0.3 is 5.32 Å². The molecule has 0 atom stereocenters. The van der Waals surface area contributed by atoms with Crippen LogP contribution in [0.3, 0.4) is 0 Å². The number of ketones is 1. The third-order valence-corrected chi connectivity index (χ3v) is 7.77. The van der Waals surface area contributed by atoms with E-state index in [0.29, 0.717) is 5.57 Å². The Labute approximate surface area is 235 Å². The number of para-hydroxylation sites is 1. The molecule has 3 aromatic rings. The second-order valence-electron chi connectivity index (χ2n) is 7.98. The van der Waals surface area contributed by atoms with E-state index < -0.39 is 15.9 Å². The predicted molar refractivity (Wildman–Crippen MR) is 166 cm³/mol. The number of nitrogens with one attached hydrogen (secondary N) is 1. The average Bonchev–Trinajstić information content (AvgIpc) is 2.91. The molecule has 1 N–H and O–H groups in total. The number of rotatable bonds is 4. The van der Waals surface area contributed by atoms with Gasteiger partial charge in [-0.05, 0) is 48.6 Å². The van der Waals surface area contributed by atoms with E-state index in [4.69, 9.17) is 19.1 Å². The molecule has 7 heteroatoms. The summed E-state index contributed by atoms with van der Waals surface area (Å²) in [7, 11) is 9.41. The van der Waals surface area contributed by atoms with E-state index in [-0.39, 0.29) is 21.6 Å². The first-order valence-electron chi connectivity index (χ1n) is 11.4. The quantitative estimate of drug-likeness (QED) is 0.221. The van der Waals surface area contributed by atoms with Crippen molar-refractivity contribution >= 4 is 57.0 Å². The average molecular weight is 733 g/mol. The fraction of sp³-hybridized carbons (Fsp3) is 0.138. The van der Waals surface area contributed by atoms with Crippen molar-refractivity contribution in [2.75, 3.05) is 32.0 Å². The molecule has 191 valence electrons. The van der Waals surface area contributed by atoms with Gasteiger partial charge in [0.2, 0.25) is 0 Å². The first-order valence-corrected chi connectivity index (χ1v) is 23.1. The third kappa shape index (κ3) is 14.9. The normalized spacial score (nSPS) is 12.7. The Hall–Kier alpha value is -1.55. The Balaban J connectivity index is 0.000000268. The van der Waals surface area contributed by atoms with Crippen molar-refractivity contribution in [3.63, 3.8) is 0 Å². The van der Waals surface area contributed by atoms with Crippen LogP contribution < -0.4 is 15.9 Å². The topological polar surface area (TPSA) is 29.1 Å². The molecule has 0 radical (unpaired) electrons. The molecule has 0 amide bonds. The molecule has 1 aliphatic rings. The molecule has 0 spiro atoms. The van der Waals surface area contributed by atoms with E-state index in [1.807, 2.05) is 36.4 Å². The van der Waals surface area contributed by atoms with Crippen molar-refractivity contribution in [3.05, 3.63) is 127 Å². The Morgan fingerprint density at radius 1 is 0.667 bits per heavy atom. The SMILES string of the molecule is C[PH+](C)c1ccccc1.C[PH+](C)c1ccccc1.O=C1C=CC=CC1=CNc1ccccc1.[Cl][Re][Cl]. The summed E-state index contributed by atoms with van der Waals surface area (Å²) in [5, 5.41) is 6.11. The first-order chi connectivity index (χ1) is 17.4. The molecule has 0 saturated heterocycles. The number of allylic oxidation sites excluding steroid dienone is 5. The molecular weight excluding hydrogens is 697 g/mol. The second-order valence-corrected chi connectivity index (χ2v) is 17.1. The van der Waals surface area contributed by atoms with Gasteiger partial charge in [0.25, 0.3) is 0 Å². The van der Waals surface area contributed by atoms with Crippen molar-refractivity contribution in [1.82, 2.24) is 0 Å². The molecule has 0 heterocycles. The summed E-state index contributed by atoms with van der Waals surface area (Å²) in [4.78, 5) is 11.4. The second kappa shape index (κ2) is 20.5. The van der Waals surface area contributed by atoms with E-state index in [9.17, 15) is 4.79 Å². The Bertz CT molecular complexity index is 1030. The Morgan fingerprint density at radius 2 is 1.06 bits per heavy atom. The minimum atomic E-state index is -0.722. The summed E-state index contributed by atoms with van der Waals surface area (Å²) >= 11 is -0.722.